The highest BCUT2D eigenvalue weighted by atomic mass is 16.5. The third-order valence-electron chi connectivity index (χ3n) is 5.75. The van der Waals surface area contributed by atoms with E-state index in [9.17, 15) is 4.79 Å². The largest absolute Gasteiger partial charge is 0.493 e. The number of nitrogens with zero attached hydrogens (tertiary/aromatic N) is 3. The lowest BCUT2D eigenvalue weighted by atomic mass is 9.77. The number of fused-ring (bicyclic) bond motifs is 2. The number of anilines is 1. The van der Waals surface area contributed by atoms with Crippen LogP contribution < -0.4 is 15.2 Å². The van der Waals surface area contributed by atoms with Crippen LogP contribution in [0.4, 0.5) is 5.95 Å². The van der Waals surface area contributed by atoms with Gasteiger partial charge in [-0.25, -0.2) is 9.97 Å². The summed E-state index contributed by atoms with van der Waals surface area (Å²) in [6, 6.07) is 5.30. The Labute approximate surface area is 158 Å². The van der Waals surface area contributed by atoms with Crippen molar-refractivity contribution < 1.29 is 14.3 Å². The number of rotatable bonds is 3. The molecule has 1 aliphatic heterocycles. The van der Waals surface area contributed by atoms with Crippen LogP contribution in [0.5, 0.6) is 11.5 Å². The molecule has 1 aliphatic carbocycles. The molecule has 0 radical (unpaired) electrons. The van der Waals surface area contributed by atoms with E-state index in [1.165, 1.54) is 0 Å². The van der Waals surface area contributed by atoms with Crippen molar-refractivity contribution in [3.05, 3.63) is 41.2 Å². The number of hydrogen-bond donors (Lipinski definition) is 1. The number of aromatic nitrogens is 2. The molecule has 1 atom stereocenters. The van der Waals surface area contributed by atoms with Gasteiger partial charge in [0.15, 0.2) is 11.5 Å². The minimum Gasteiger partial charge on any atom is -0.493 e. The molecular weight excluding hydrogens is 344 g/mol. The van der Waals surface area contributed by atoms with E-state index >= 15 is 0 Å². The SMILES string of the molecule is COc1ccc(C(=O)N2CCCC3(CCc4cnc(N)nc43)C2)cc1OC. The highest BCUT2D eigenvalue weighted by molar-refractivity contribution is 5.95. The van der Waals surface area contributed by atoms with Crippen LogP contribution in [0.15, 0.2) is 24.4 Å². The molecule has 1 aromatic carbocycles. The van der Waals surface area contributed by atoms with E-state index in [-0.39, 0.29) is 11.3 Å². The Bertz CT molecular complexity index is 882. The summed E-state index contributed by atoms with van der Waals surface area (Å²) < 4.78 is 10.6. The van der Waals surface area contributed by atoms with Gasteiger partial charge in [-0.1, -0.05) is 0 Å². The van der Waals surface area contributed by atoms with Gasteiger partial charge < -0.3 is 20.1 Å². The number of piperidine rings is 1. The predicted molar refractivity (Wildman–Crippen MR) is 101 cm³/mol. The van der Waals surface area contributed by atoms with Crippen molar-refractivity contribution in [1.29, 1.82) is 0 Å². The van der Waals surface area contributed by atoms with Crippen molar-refractivity contribution in [1.82, 2.24) is 14.9 Å². The van der Waals surface area contributed by atoms with Crippen LogP contribution in [-0.2, 0) is 11.8 Å². The van der Waals surface area contributed by atoms with Crippen molar-refractivity contribution in [2.45, 2.75) is 31.1 Å². The first kappa shape index (κ1) is 17.6. The molecule has 1 unspecified atom stereocenters. The zero-order valence-electron chi connectivity index (χ0n) is 15.7. The minimum atomic E-state index is -0.114. The maximum Gasteiger partial charge on any atom is 0.254 e. The standard InChI is InChI=1S/C20H24N4O3/c1-26-15-5-4-13(10-16(15)27-2)18(25)24-9-3-7-20(12-24)8-6-14-11-22-19(21)23-17(14)20/h4-5,10-11H,3,6-9,12H2,1-2H3,(H2,21,22,23). The number of hydrogen-bond acceptors (Lipinski definition) is 6. The first-order chi connectivity index (χ1) is 13.1. The van der Waals surface area contributed by atoms with Gasteiger partial charge in [-0.3, -0.25) is 4.79 Å². The number of nitrogen functional groups attached to an aromatic ring is 1. The van der Waals surface area contributed by atoms with Crippen molar-refractivity contribution in [3.8, 4) is 11.5 Å². The normalized spacial score (nSPS) is 21.2. The summed E-state index contributed by atoms with van der Waals surface area (Å²) in [6.07, 6.45) is 5.72. The van der Waals surface area contributed by atoms with Gasteiger partial charge in [0.05, 0.1) is 19.9 Å². The second kappa shape index (κ2) is 6.72. The van der Waals surface area contributed by atoms with Crippen molar-refractivity contribution in [2.24, 2.45) is 0 Å². The smallest absolute Gasteiger partial charge is 0.254 e. The van der Waals surface area contributed by atoms with Gasteiger partial charge in [0, 0.05) is 30.3 Å². The fourth-order valence-corrected chi connectivity index (χ4v) is 4.41. The third-order valence-corrected chi connectivity index (χ3v) is 5.75. The van der Waals surface area contributed by atoms with Gasteiger partial charge in [0.1, 0.15) is 0 Å². The summed E-state index contributed by atoms with van der Waals surface area (Å²) in [7, 11) is 3.15. The number of methoxy groups -OCH3 is 2. The zero-order chi connectivity index (χ0) is 19.0. The van der Waals surface area contributed by atoms with Crippen LogP contribution in [0.1, 0.15) is 40.9 Å². The molecule has 2 heterocycles. The summed E-state index contributed by atoms with van der Waals surface area (Å²) in [5.74, 6) is 1.48. The van der Waals surface area contributed by atoms with E-state index in [1.54, 1.807) is 32.4 Å². The number of benzene rings is 1. The number of carbonyl (C=O) groups is 1. The average molecular weight is 368 g/mol. The molecule has 1 aromatic heterocycles. The molecule has 1 spiro atoms. The Kier molecular flexibility index (Phi) is 4.37. The van der Waals surface area contributed by atoms with Crippen LogP contribution in [0, 0.1) is 0 Å². The lowest BCUT2D eigenvalue weighted by Gasteiger charge is -2.40. The summed E-state index contributed by atoms with van der Waals surface area (Å²) in [6.45, 7) is 1.40. The van der Waals surface area contributed by atoms with E-state index in [0.717, 1.165) is 43.5 Å². The lowest BCUT2D eigenvalue weighted by molar-refractivity contribution is 0.0633. The molecule has 2 N–H and O–H groups in total. The molecule has 1 saturated heterocycles. The monoisotopic (exact) mass is 368 g/mol. The van der Waals surface area contributed by atoms with Gasteiger partial charge in [0.2, 0.25) is 5.95 Å². The maximum atomic E-state index is 13.2. The van der Waals surface area contributed by atoms with E-state index < -0.39 is 0 Å². The molecule has 2 aliphatic rings. The second-order valence-corrected chi connectivity index (χ2v) is 7.28. The Morgan fingerprint density at radius 3 is 2.81 bits per heavy atom. The fraction of sp³-hybridized carbons (Fsp3) is 0.450. The highest BCUT2D eigenvalue weighted by Gasteiger charge is 2.44. The molecule has 2 aromatic rings. The van der Waals surface area contributed by atoms with Gasteiger partial charge in [-0.05, 0) is 49.4 Å². The number of likely N-dealkylation sites (tertiary alicyclic amines) is 1. The predicted octanol–water partition coefficient (Wildman–Crippen LogP) is 2.20. The first-order valence-corrected chi connectivity index (χ1v) is 9.19. The summed E-state index contributed by atoms with van der Waals surface area (Å²) in [5, 5.41) is 0. The van der Waals surface area contributed by atoms with Crippen molar-refractivity contribution in [2.75, 3.05) is 33.0 Å². The molecule has 0 bridgehead atoms. The van der Waals surface area contributed by atoms with Crippen molar-refractivity contribution in [3.63, 3.8) is 0 Å². The Morgan fingerprint density at radius 1 is 1.22 bits per heavy atom. The lowest BCUT2D eigenvalue weighted by Crippen LogP contribution is -2.48. The molecule has 4 rings (SSSR count). The van der Waals surface area contributed by atoms with E-state index in [1.807, 2.05) is 11.1 Å². The van der Waals surface area contributed by atoms with Crippen LogP contribution in [0.25, 0.3) is 0 Å². The first-order valence-electron chi connectivity index (χ1n) is 9.19. The Morgan fingerprint density at radius 2 is 2.04 bits per heavy atom. The quantitative estimate of drug-likeness (QED) is 0.893. The van der Waals surface area contributed by atoms with Gasteiger partial charge in [-0.2, -0.15) is 0 Å². The van der Waals surface area contributed by atoms with E-state index in [2.05, 4.69) is 9.97 Å². The zero-order valence-corrected chi connectivity index (χ0v) is 15.7. The van der Waals surface area contributed by atoms with Gasteiger partial charge >= 0.3 is 0 Å². The molecule has 142 valence electrons. The molecule has 27 heavy (non-hydrogen) atoms. The van der Waals surface area contributed by atoms with Crippen LogP contribution in [-0.4, -0.2) is 48.1 Å². The average Bonchev–Trinajstić information content (AvgIpc) is 3.04. The summed E-state index contributed by atoms with van der Waals surface area (Å²) >= 11 is 0. The Hall–Kier alpha value is -2.83. The number of carbonyl (C=O) groups excluding carboxylic acids is 1. The summed E-state index contributed by atoms with van der Waals surface area (Å²) in [5.41, 5.74) is 8.51. The number of amides is 1. The molecular formula is C20H24N4O3. The van der Waals surface area contributed by atoms with Crippen LogP contribution in [0.3, 0.4) is 0 Å². The Balaban J connectivity index is 1.61. The van der Waals surface area contributed by atoms with Crippen LogP contribution >= 0.6 is 0 Å². The number of aryl methyl sites for hydroxylation is 1. The topological polar surface area (TPSA) is 90.6 Å². The van der Waals surface area contributed by atoms with Gasteiger partial charge in [0.25, 0.3) is 5.91 Å². The number of ether oxygens (including phenoxy) is 2. The van der Waals surface area contributed by atoms with Crippen molar-refractivity contribution >= 4 is 11.9 Å². The fourth-order valence-electron chi connectivity index (χ4n) is 4.41. The molecule has 7 heteroatoms. The summed E-state index contributed by atoms with van der Waals surface area (Å²) in [4.78, 5) is 23.8. The highest BCUT2D eigenvalue weighted by Crippen LogP contribution is 2.44. The molecule has 1 amide bonds. The molecule has 0 saturated carbocycles. The van der Waals surface area contributed by atoms with E-state index in [4.69, 9.17) is 15.2 Å². The molecule has 1 fully saturated rings. The van der Waals surface area contributed by atoms with E-state index in [0.29, 0.717) is 29.6 Å². The maximum absolute atomic E-state index is 13.2. The minimum absolute atomic E-state index is 0.00510. The van der Waals surface area contributed by atoms with Gasteiger partial charge in [-0.15, -0.1) is 0 Å². The molecule has 7 nitrogen and oxygen atoms in total. The second-order valence-electron chi connectivity index (χ2n) is 7.28. The number of nitrogens with two attached hydrogens (primary N) is 1. The van der Waals surface area contributed by atoms with Crippen LogP contribution in [0.2, 0.25) is 0 Å². The third kappa shape index (κ3) is 2.97.